The quantitative estimate of drug-likeness (QED) is 0.511. The van der Waals surface area contributed by atoms with Gasteiger partial charge >= 0.3 is 0 Å². The highest BCUT2D eigenvalue weighted by molar-refractivity contribution is 8.00. The monoisotopic (exact) mass is 381 g/mol. The largest absolute Gasteiger partial charge is 0.321 e. The number of aromatic nitrogens is 4. The van der Waals surface area contributed by atoms with Gasteiger partial charge in [0.25, 0.3) is 0 Å². The molecule has 4 aromatic rings. The molecule has 2 heterocycles. The Bertz CT molecular complexity index is 992. The molecule has 7 heteroatoms. The highest BCUT2D eigenvalue weighted by Crippen LogP contribution is 2.28. The summed E-state index contributed by atoms with van der Waals surface area (Å²) in [4.78, 5) is 0.787. The number of benzene rings is 2. The normalized spacial score (nSPS) is 12.5. The van der Waals surface area contributed by atoms with E-state index in [2.05, 4.69) is 58.6 Å². The van der Waals surface area contributed by atoms with Crippen molar-refractivity contribution in [3.63, 3.8) is 0 Å². The van der Waals surface area contributed by atoms with Crippen LogP contribution in [-0.4, -0.2) is 19.8 Å². The van der Waals surface area contributed by atoms with Crippen LogP contribution in [0.3, 0.4) is 0 Å². The van der Waals surface area contributed by atoms with Crippen LogP contribution < -0.4 is 5.73 Å². The molecular formula is C19H19N5S2. The first-order valence-corrected chi connectivity index (χ1v) is 10.2. The molecule has 0 amide bonds. The summed E-state index contributed by atoms with van der Waals surface area (Å²) in [6, 6.07) is 18.5. The van der Waals surface area contributed by atoms with Crippen LogP contribution in [0, 0.1) is 6.92 Å². The van der Waals surface area contributed by atoms with Crippen molar-refractivity contribution in [3.8, 4) is 0 Å². The standard InChI is InChI=1S/C19H19N5S2/c1-13-7-9-15(10-8-13)12-25-19-23-24-17(21-22-18(24)26-19)16(20)11-14-5-3-2-4-6-14/h2-10,16H,11-12,20H2,1H3/t16-/m0/s1. The van der Waals surface area contributed by atoms with E-state index in [1.807, 2.05) is 18.2 Å². The predicted octanol–water partition coefficient (Wildman–Crippen LogP) is 4.03. The Labute approximate surface area is 160 Å². The zero-order valence-electron chi connectivity index (χ0n) is 14.4. The van der Waals surface area contributed by atoms with E-state index in [1.54, 1.807) is 27.6 Å². The third kappa shape index (κ3) is 3.80. The molecule has 0 spiro atoms. The molecule has 2 N–H and O–H groups in total. The van der Waals surface area contributed by atoms with Crippen LogP contribution in [0.5, 0.6) is 0 Å². The number of hydrogen-bond donors (Lipinski definition) is 1. The van der Waals surface area contributed by atoms with Crippen molar-refractivity contribution in [2.75, 3.05) is 0 Å². The lowest BCUT2D eigenvalue weighted by molar-refractivity contribution is 0.635. The van der Waals surface area contributed by atoms with E-state index in [0.29, 0.717) is 12.2 Å². The summed E-state index contributed by atoms with van der Waals surface area (Å²) >= 11 is 3.26. The van der Waals surface area contributed by atoms with Gasteiger partial charge < -0.3 is 5.73 Å². The second kappa shape index (κ2) is 7.57. The Morgan fingerprint density at radius 1 is 1.04 bits per heavy atom. The fourth-order valence-corrected chi connectivity index (χ4v) is 4.53. The summed E-state index contributed by atoms with van der Waals surface area (Å²) in [5.74, 6) is 1.60. The molecule has 2 aromatic carbocycles. The van der Waals surface area contributed by atoms with Gasteiger partial charge in [0, 0.05) is 5.75 Å². The van der Waals surface area contributed by atoms with E-state index in [4.69, 9.17) is 5.73 Å². The highest BCUT2D eigenvalue weighted by Gasteiger charge is 2.18. The molecule has 4 rings (SSSR count). The van der Waals surface area contributed by atoms with Gasteiger partial charge in [0.2, 0.25) is 4.96 Å². The average Bonchev–Trinajstić information content (AvgIpc) is 3.22. The molecule has 0 aliphatic rings. The molecule has 26 heavy (non-hydrogen) atoms. The van der Waals surface area contributed by atoms with Crippen LogP contribution in [-0.2, 0) is 12.2 Å². The number of nitrogens with zero attached hydrogens (tertiary/aromatic N) is 4. The summed E-state index contributed by atoms with van der Waals surface area (Å²) < 4.78 is 2.76. The van der Waals surface area contributed by atoms with Gasteiger partial charge in [-0.05, 0) is 24.5 Å². The SMILES string of the molecule is Cc1ccc(CSc2nn3c([C@@H](N)Cc4ccccc4)nnc3s2)cc1. The summed E-state index contributed by atoms with van der Waals surface area (Å²) in [7, 11) is 0. The van der Waals surface area contributed by atoms with Gasteiger partial charge in [-0.25, -0.2) is 0 Å². The van der Waals surface area contributed by atoms with Crippen LogP contribution in [0.4, 0.5) is 0 Å². The average molecular weight is 382 g/mol. The Morgan fingerprint density at radius 3 is 2.58 bits per heavy atom. The third-order valence-corrected chi connectivity index (χ3v) is 6.21. The van der Waals surface area contributed by atoms with Crippen LogP contribution in [0.15, 0.2) is 58.9 Å². The first-order chi connectivity index (χ1) is 12.7. The van der Waals surface area contributed by atoms with Gasteiger partial charge in [-0.2, -0.15) is 4.52 Å². The van der Waals surface area contributed by atoms with E-state index in [9.17, 15) is 0 Å². The number of hydrogen-bond acceptors (Lipinski definition) is 6. The molecule has 0 radical (unpaired) electrons. The molecule has 0 bridgehead atoms. The molecule has 0 saturated carbocycles. The molecule has 0 fully saturated rings. The molecule has 132 valence electrons. The summed E-state index contributed by atoms with van der Waals surface area (Å²) in [5, 5.41) is 13.2. The number of fused-ring (bicyclic) bond motifs is 1. The van der Waals surface area contributed by atoms with Gasteiger partial charge in [0.15, 0.2) is 10.2 Å². The van der Waals surface area contributed by atoms with Gasteiger partial charge in [-0.15, -0.1) is 15.3 Å². The highest BCUT2D eigenvalue weighted by atomic mass is 32.2. The lowest BCUT2D eigenvalue weighted by Gasteiger charge is -2.08. The molecule has 1 atom stereocenters. The van der Waals surface area contributed by atoms with Gasteiger partial charge in [-0.3, -0.25) is 0 Å². The van der Waals surface area contributed by atoms with Crippen molar-refractivity contribution < 1.29 is 0 Å². The maximum absolute atomic E-state index is 6.36. The zero-order chi connectivity index (χ0) is 17.9. The van der Waals surface area contributed by atoms with Crippen LogP contribution in [0.25, 0.3) is 4.96 Å². The number of nitrogens with two attached hydrogens (primary N) is 1. The van der Waals surface area contributed by atoms with Gasteiger partial charge in [0.1, 0.15) is 0 Å². The first kappa shape index (κ1) is 17.2. The molecule has 0 saturated heterocycles. The van der Waals surface area contributed by atoms with E-state index < -0.39 is 0 Å². The Kier molecular flexibility index (Phi) is 5.01. The third-order valence-electron chi connectivity index (χ3n) is 4.11. The second-order valence-electron chi connectivity index (χ2n) is 6.19. The molecule has 5 nitrogen and oxygen atoms in total. The maximum atomic E-state index is 6.36. The minimum atomic E-state index is -0.232. The predicted molar refractivity (Wildman–Crippen MR) is 106 cm³/mol. The Hall–Kier alpha value is -2.22. The molecule has 0 aliphatic heterocycles. The van der Waals surface area contributed by atoms with Crippen molar-refractivity contribution in [2.45, 2.75) is 29.5 Å². The summed E-state index contributed by atoms with van der Waals surface area (Å²) in [6.07, 6.45) is 0.713. The topological polar surface area (TPSA) is 69.1 Å². The molecular weight excluding hydrogens is 362 g/mol. The second-order valence-corrected chi connectivity index (χ2v) is 8.37. The summed E-state index contributed by atoms with van der Waals surface area (Å²) in [6.45, 7) is 2.10. The van der Waals surface area contributed by atoms with Crippen molar-refractivity contribution in [2.24, 2.45) is 5.73 Å². The molecule has 0 aliphatic carbocycles. The lowest BCUT2D eigenvalue weighted by Crippen LogP contribution is -2.17. The van der Waals surface area contributed by atoms with E-state index in [0.717, 1.165) is 15.1 Å². The van der Waals surface area contributed by atoms with Gasteiger partial charge in [0.05, 0.1) is 6.04 Å². The fourth-order valence-electron chi connectivity index (χ4n) is 2.69. The lowest BCUT2D eigenvalue weighted by atomic mass is 10.1. The Balaban J connectivity index is 1.48. The first-order valence-electron chi connectivity index (χ1n) is 8.39. The number of thioether (sulfide) groups is 1. The Morgan fingerprint density at radius 2 is 1.81 bits per heavy atom. The summed E-state index contributed by atoms with van der Waals surface area (Å²) in [5.41, 5.74) is 10.1. The van der Waals surface area contributed by atoms with Crippen molar-refractivity contribution in [1.29, 1.82) is 0 Å². The van der Waals surface area contributed by atoms with Crippen molar-refractivity contribution in [3.05, 3.63) is 77.1 Å². The number of aryl methyl sites for hydroxylation is 1. The maximum Gasteiger partial charge on any atom is 0.235 e. The van der Waals surface area contributed by atoms with E-state index >= 15 is 0 Å². The molecule has 2 aromatic heterocycles. The smallest absolute Gasteiger partial charge is 0.235 e. The van der Waals surface area contributed by atoms with E-state index in [-0.39, 0.29) is 6.04 Å². The van der Waals surface area contributed by atoms with Crippen LogP contribution in [0.2, 0.25) is 0 Å². The van der Waals surface area contributed by atoms with Crippen LogP contribution >= 0.6 is 23.1 Å². The van der Waals surface area contributed by atoms with E-state index in [1.165, 1.54) is 16.7 Å². The fraction of sp³-hybridized carbons (Fsp3) is 0.211. The minimum Gasteiger partial charge on any atom is -0.321 e. The minimum absolute atomic E-state index is 0.232. The van der Waals surface area contributed by atoms with Crippen molar-refractivity contribution >= 4 is 28.1 Å². The van der Waals surface area contributed by atoms with Crippen LogP contribution in [0.1, 0.15) is 28.6 Å². The number of rotatable bonds is 6. The van der Waals surface area contributed by atoms with Crippen molar-refractivity contribution in [1.82, 2.24) is 19.8 Å². The molecule has 0 unspecified atom stereocenters. The van der Waals surface area contributed by atoms with Gasteiger partial charge in [-0.1, -0.05) is 83.3 Å². The zero-order valence-corrected chi connectivity index (χ0v) is 16.0.